The van der Waals surface area contributed by atoms with Gasteiger partial charge in [0.2, 0.25) is 0 Å². The first-order chi connectivity index (χ1) is 6.83. The predicted octanol–water partition coefficient (Wildman–Crippen LogP) is 3.08. The van der Waals surface area contributed by atoms with Crippen LogP contribution >= 0.6 is 0 Å². The first-order valence-corrected chi connectivity index (χ1v) is 6.58. The molecule has 0 aromatic carbocycles. The molecule has 0 unspecified atom stereocenters. The fraction of sp³-hybridized carbons (Fsp3) is 1.00. The molecule has 0 aromatic heterocycles. The van der Waals surface area contributed by atoms with E-state index in [2.05, 4.69) is 0 Å². The lowest BCUT2D eigenvalue weighted by atomic mass is 9.65. The number of fused-ring (bicyclic) bond motifs is 3. The van der Waals surface area contributed by atoms with Crippen LogP contribution in [0.1, 0.15) is 57.8 Å². The fourth-order valence-electron chi connectivity index (χ4n) is 4.73. The lowest BCUT2D eigenvalue weighted by Gasteiger charge is -2.42. The van der Waals surface area contributed by atoms with Gasteiger partial charge in [0, 0.05) is 6.04 Å². The van der Waals surface area contributed by atoms with Gasteiger partial charge in [-0.3, -0.25) is 0 Å². The van der Waals surface area contributed by atoms with Gasteiger partial charge in [0.05, 0.1) is 0 Å². The lowest BCUT2D eigenvalue weighted by molar-refractivity contribution is 0.108. The maximum atomic E-state index is 6.50. The zero-order chi connectivity index (χ0) is 9.60. The molecule has 3 saturated carbocycles. The SMILES string of the molecule is N[C@H]1[C@H]2CC[C@H](C2)C12CCCCCC2. The minimum atomic E-state index is 0.569. The highest BCUT2D eigenvalue weighted by atomic mass is 14.8. The van der Waals surface area contributed by atoms with Crippen molar-refractivity contribution >= 4 is 0 Å². The second kappa shape index (κ2) is 3.23. The van der Waals surface area contributed by atoms with Crippen LogP contribution in [-0.4, -0.2) is 6.04 Å². The van der Waals surface area contributed by atoms with Gasteiger partial charge in [-0.25, -0.2) is 0 Å². The van der Waals surface area contributed by atoms with Crippen LogP contribution in [0.4, 0.5) is 0 Å². The number of hydrogen-bond donors (Lipinski definition) is 1. The van der Waals surface area contributed by atoms with Crippen LogP contribution in [0.3, 0.4) is 0 Å². The van der Waals surface area contributed by atoms with E-state index in [9.17, 15) is 0 Å². The monoisotopic (exact) mass is 193 g/mol. The molecule has 3 aliphatic carbocycles. The summed E-state index contributed by atoms with van der Waals surface area (Å²) in [7, 11) is 0. The Morgan fingerprint density at radius 1 is 0.929 bits per heavy atom. The zero-order valence-corrected chi connectivity index (χ0v) is 9.17. The zero-order valence-electron chi connectivity index (χ0n) is 9.17. The van der Waals surface area contributed by atoms with Crippen molar-refractivity contribution in [3.63, 3.8) is 0 Å². The van der Waals surface area contributed by atoms with E-state index in [4.69, 9.17) is 5.73 Å². The fourth-order valence-corrected chi connectivity index (χ4v) is 4.73. The minimum Gasteiger partial charge on any atom is -0.327 e. The van der Waals surface area contributed by atoms with Gasteiger partial charge in [0.1, 0.15) is 0 Å². The summed E-state index contributed by atoms with van der Waals surface area (Å²) in [4.78, 5) is 0. The first kappa shape index (κ1) is 9.21. The predicted molar refractivity (Wildman–Crippen MR) is 58.9 cm³/mol. The third-order valence-electron chi connectivity index (χ3n) is 5.49. The molecule has 0 aromatic rings. The van der Waals surface area contributed by atoms with E-state index in [0.29, 0.717) is 11.5 Å². The number of nitrogens with two attached hydrogens (primary N) is 1. The summed E-state index contributed by atoms with van der Waals surface area (Å²) >= 11 is 0. The quantitative estimate of drug-likeness (QED) is 0.628. The molecule has 0 saturated heterocycles. The Labute approximate surface area is 87.4 Å². The standard InChI is InChI=1S/C13H23N/c14-12-10-5-6-11(9-10)13(12)7-3-1-2-4-8-13/h10-12H,1-9,14H2/t10-,11+,12-/m0/s1. The first-order valence-electron chi connectivity index (χ1n) is 6.58. The van der Waals surface area contributed by atoms with E-state index < -0.39 is 0 Å². The highest BCUT2D eigenvalue weighted by molar-refractivity contribution is 5.08. The summed E-state index contributed by atoms with van der Waals surface area (Å²) in [5, 5.41) is 0. The Balaban J connectivity index is 1.86. The summed E-state index contributed by atoms with van der Waals surface area (Å²) in [6.45, 7) is 0. The molecule has 0 heterocycles. The summed E-state index contributed by atoms with van der Waals surface area (Å²) in [6, 6.07) is 0.569. The molecule has 3 atom stereocenters. The van der Waals surface area contributed by atoms with E-state index in [1.807, 2.05) is 0 Å². The molecule has 0 radical (unpaired) electrons. The minimum absolute atomic E-state index is 0.569. The summed E-state index contributed by atoms with van der Waals surface area (Å²) < 4.78 is 0. The largest absolute Gasteiger partial charge is 0.327 e. The van der Waals surface area contributed by atoms with Crippen LogP contribution in [0.25, 0.3) is 0 Å². The van der Waals surface area contributed by atoms with Gasteiger partial charge >= 0.3 is 0 Å². The summed E-state index contributed by atoms with van der Waals surface area (Å²) in [5.74, 6) is 1.92. The maximum absolute atomic E-state index is 6.50. The molecule has 3 rings (SSSR count). The van der Waals surface area contributed by atoms with Gasteiger partial charge < -0.3 is 5.73 Å². The molecular weight excluding hydrogens is 170 g/mol. The van der Waals surface area contributed by atoms with Crippen molar-refractivity contribution < 1.29 is 0 Å². The second-order valence-electron chi connectivity index (χ2n) is 5.94. The molecular formula is C13H23N. The van der Waals surface area contributed by atoms with Crippen LogP contribution in [-0.2, 0) is 0 Å². The van der Waals surface area contributed by atoms with Crippen molar-refractivity contribution in [1.29, 1.82) is 0 Å². The van der Waals surface area contributed by atoms with Crippen LogP contribution < -0.4 is 5.73 Å². The smallest absolute Gasteiger partial charge is 0.0127 e. The Morgan fingerprint density at radius 3 is 2.21 bits per heavy atom. The van der Waals surface area contributed by atoms with Crippen molar-refractivity contribution in [3.8, 4) is 0 Å². The maximum Gasteiger partial charge on any atom is 0.0127 e. The van der Waals surface area contributed by atoms with Crippen molar-refractivity contribution in [2.24, 2.45) is 23.0 Å². The Hall–Kier alpha value is -0.0400. The van der Waals surface area contributed by atoms with E-state index in [-0.39, 0.29) is 0 Å². The van der Waals surface area contributed by atoms with Crippen molar-refractivity contribution in [3.05, 3.63) is 0 Å². The molecule has 0 amide bonds. The number of hydrogen-bond acceptors (Lipinski definition) is 1. The molecule has 3 fully saturated rings. The van der Waals surface area contributed by atoms with Crippen LogP contribution in [0.2, 0.25) is 0 Å². The van der Waals surface area contributed by atoms with Gasteiger partial charge in [0.25, 0.3) is 0 Å². The van der Waals surface area contributed by atoms with Crippen molar-refractivity contribution in [2.45, 2.75) is 63.8 Å². The van der Waals surface area contributed by atoms with E-state index in [1.165, 1.54) is 57.8 Å². The average Bonchev–Trinajstić information content (AvgIpc) is 2.66. The Kier molecular flexibility index (Phi) is 2.12. The lowest BCUT2D eigenvalue weighted by Crippen LogP contribution is -2.46. The van der Waals surface area contributed by atoms with E-state index in [1.54, 1.807) is 0 Å². The third-order valence-corrected chi connectivity index (χ3v) is 5.49. The van der Waals surface area contributed by atoms with Crippen LogP contribution in [0, 0.1) is 17.3 Å². The van der Waals surface area contributed by atoms with Gasteiger partial charge in [-0.05, 0) is 49.4 Å². The topological polar surface area (TPSA) is 26.0 Å². The molecule has 1 heteroatoms. The third kappa shape index (κ3) is 1.11. The second-order valence-corrected chi connectivity index (χ2v) is 5.94. The molecule has 14 heavy (non-hydrogen) atoms. The number of rotatable bonds is 0. The highest BCUT2D eigenvalue weighted by Crippen LogP contribution is 2.60. The Morgan fingerprint density at radius 2 is 1.64 bits per heavy atom. The molecule has 1 spiro atoms. The Bertz CT molecular complexity index is 211. The normalized spacial score (nSPS) is 45.6. The van der Waals surface area contributed by atoms with Crippen molar-refractivity contribution in [1.82, 2.24) is 0 Å². The molecule has 0 aliphatic heterocycles. The van der Waals surface area contributed by atoms with Crippen LogP contribution in [0.15, 0.2) is 0 Å². The average molecular weight is 193 g/mol. The van der Waals surface area contributed by atoms with Gasteiger partial charge in [0.15, 0.2) is 0 Å². The van der Waals surface area contributed by atoms with Crippen molar-refractivity contribution in [2.75, 3.05) is 0 Å². The molecule has 3 aliphatic rings. The van der Waals surface area contributed by atoms with E-state index in [0.717, 1.165) is 11.8 Å². The van der Waals surface area contributed by atoms with Gasteiger partial charge in [-0.1, -0.05) is 25.7 Å². The molecule has 80 valence electrons. The molecule has 2 bridgehead atoms. The van der Waals surface area contributed by atoms with Gasteiger partial charge in [-0.15, -0.1) is 0 Å². The molecule has 2 N–H and O–H groups in total. The summed E-state index contributed by atoms with van der Waals surface area (Å²) in [5.41, 5.74) is 7.11. The summed E-state index contributed by atoms with van der Waals surface area (Å²) in [6.07, 6.45) is 13.2. The van der Waals surface area contributed by atoms with Gasteiger partial charge in [-0.2, -0.15) is 0 Å². The highest BCUT2D eigenvalue weighted by Gasteiger charge is 2.55. The van der Waals surface area contributed by atoms with E-state index >= 15 is 0 Å². The molecule has 1 nitrogen and oxygen atoms in total. The van der Waals surface area contributed by atoms with Crippen LogP contribution in [0.5, 0.6) is 0 Å².